The topological polar surface area (TPSA) is 53.0 Å². The molecule has 0 radical (unpaired) electrons. The summed E-state index contributed by atoms with van der Waals surface area (Å²) in [6.45, 7) is 6.14. The van der Waals surface area contributed by atoms with E-state index in [1.54, 1.807) is 7.11 Å². The monoisotopic (exact) mass is 484 g/mol. The molecule has 1 aliphatic carbocycles. The molecule has 3 unspecified atom stereocenters. The van der Waals surface area contributed by atoms with E-state index in [2.05, 4.69) is 29.7 Å². The Morgan fingerprint density at radius 3 is 2.72 bits per heavy atom. The van der Waals surface area contributed by atoms with Gasteiger partial charge in [-0.2, -0.15) is 0 Å². The number of carbonyl (C=O) groups is 1. The van der Waals surface area contributed by atoms with Gasteiger partial charge in [0, 0.05) is 37.2 Å². The normalized spacial score (nSPS) is 26.2. The maximum absolute atomic E-state index is 13.6. The van der Waals surface area contributed by atoms with Crippen LogP contribution >= 0.6 is 0 Å². The van der Waals surface area contributed by atoms with E-state index in [9.17, 15) is 9.90 Å². The quantitative estimate of drug-likeness (QED) is 0.499. The molecule has 3 aromatic carbocycles. The number of benzene rings is 3. The first-order valence-corrected chi connectivity index (χ1v) is 12.9. The van der Waals surface area contributed by atoms with Crippen LogP contribution in [-0.4, -0.2) is 66.2 Å². The molecule has 1 heterocycles. The van der Waals surface area contributed by atoms with Crippen LogP contribution in [0.4, 0.5) is 0 Å². The van der Waals surface area contributed by atoms with Gasteiger partial charge in [-0.25, -0.2) is 0 Å². The number of hydrogen-bond acceptors (Lipinski definition) is 4. The van der Waals surface area contributed by atoms with Crippen LogP contribution in [0, 0.1) is 0 Å². The van der Waals surface area contributed by atoms with E-state index in [-0.39, 0.29) is 11.9 Å². The Hall–Kier alpha value is -3.15. The van der Waals surface area contributed by atoms with Crippen molar-refractivity contribution in [2.75, 3.05) is 33.8 Å². The first-order valence-electron chi connectivity index (χ1n) is 12.9. The van der Waals surface area contributed by atoms with Gasteiger partial charge in [0.05, 0.1) is 12.7 Å². The molecule has 1 saturated carbocycles. The summed E-state index contributed by atoms with van der Waals surface area (Å²) in [6.07, 6.45) is 4.84. The third-order valence-electron chi connectivity index (χ3n) is 8.58. The molecule has 36 heavy (non-hydrogen) atoms. The van der Waals surface area contributed by atoms with Gasteiger partial charge in [0.25, 0.3) is 5.91 Å². The number of likely N-dealkylation sites (tertiary alicyclic amines) is 1. The molecule has 1 aliphatic heterocycles. The molecule has 0 aromatic heterocycles. The van der Waals surface area contributed by atoms with Gasteiger partial charge in [-0.15, -0.1) is 6.58 Å². The zero-order valence-corrected chi connectivity index (χ0v) is 21.3. The molecule has 3 aromatic rings. The lowest BCUT2D eigenvalue weighted by Gasteiger charge is -2.59. The van der Waals surface area contributed by atoms with Gasteiger partial charge >= 0.3 is 0 Å². The molecule has 5 rings (SSSR count). The fraction of sp³-hybridized carbons (Fsp3) is 0.387. The van der Waals surface area contributed by atoms with Crippen LogP contribution in [0.5, 0.6) is 5.75 Å². The van der Waals surface area contributed by atoms with Crippen molar-refractivity contribution < 1.29 is 14.6 Å². The first kappa shape index (κ1) is 24.5. The molecule has 5 heteroatoms. The Morgan fingerprint density at radius 1 is 1.14 bits per heavy atom. The second-order valence-corrected chi connectivity index (χ2v) is 10.5. The lowest BCUT2D eigenvalue weighted by molar-refractivity contribution is -0.130. The highest BCUT2D eigenvalue weighted by Crippen LogP contribution is 2.53. The van der Waals surface area contributed by atoms with Crippen LogP contribution in [0.1, 0.15) is 41.6 Å². The third kappa shape index (κ3) is 4.21. The van der Waals surface area contributed by atoms with Crippen molar-refractivity contribution in [3.63, 3.8) is 0 Å². The minimum atomic E-state index is -0.885. The Balaban J connectivity index is 1.47. The molecule has 3 atom stereocenters. The smallest absolute Gasteiger partial charge is 0.253 e. The predicted molar refractivity (Wildman–Crippen MR) is 145 cm³/mol. The summed E-state index contributed by atoms with van der Waals surface area (Å²) in [6, 6.07) is 22.2. The largest absolute Gasteiger partial charge is 0.497 e. The zero-order valence-electron chi connectivity index (χ0n) is 21.3. The Bertz CT molecular complexity index is 1270. The van der Waals surface area contributed by atoms with Crippen LogP contribution in [0.15, 0.2) is 79.4 Å². The number of nitrogens with zero attached hydrogens (tertiary/aromatic N) is 2. The van der Waals surface area contributed by atoms with E-state index in [0.717, 1.165) is 48.0 Å². The van der Waals surface area contributed by atoms with E-state index < -0.39 is 11.0 Å². The van der Waals surface area contributed by atoms with E-state index in [1.165, 1.54) is 0 Å². The standard InChI is InChI=1S/C31H36N2O3/c1-4-17-33-18-16-30(26-10-7-11-28(20-26)36-3)21-27(14-15-31(30,35)22-33)32(2)29(34)25-13-12-23-8-5-6-9-24(23)19-25/h4-13,19-20,27,35H,1,14-18,21-22H2,2-3H3. The SMILES string of the molecule is C=CCN1CCC2(c3cccc(OC)c3)CC(N(C)C(=O)c3ccc4ccccc4c3)CCC2(O)C1. The minimum Gasteiger partial charge on any atom is -0.497 e. The molecule has 1 N–H and O–H groups in total. The number of rotatable bonds is 6. The average molecular weight is 485 g/mol. The summed E-state index contributed by atoms with van der Waals surface area (Å²) in [5.74, 6) is 0.821. The van der Waals surface area contributed by atoms with Crippen molar-refractivity contribution in [1.82, 2.24) is 9.80 Å². The summed E-state index contributed by atoms with van der Waals surface area (Å²) >= 11 is 0. The summed E-state index contributed by atoms with van der Waals surface area (Å²) < 4.78 is 5.55. The van der Waals surface area contributed by atoms with Crippen molar-refractivity contribution in [1.29, 1.82) is 0 Å². The van der Waals surface area contributed by atoms with E-state index in [4.69, 9.17) is 4.74 Å². The maximum atomic E-state index is 13.6. The van der Waals surface area contributed by atoms with Gasteiger partial charge in [-0.3, -0.25) is 9.69 Å². The van der Waals surface area contributed by atoms with Crippen LogP contribution in [0.2, 0.25) is 0 Å². The molecular formula is C31H36N2O3. The van der Waals surface area contributed by atoms with Gasteiger partial charge in [-0.1, -0.05) is 48.5 Å². The van der Waals surface area contributed by atoms with Crippen molar-refractivity contribution in [3.8, 4) is 5.75 Å². The van der Waals surface area contributed by atoms with Crippen LogP contribution in [0.25, 0.3) is 10.8 Å². The van der Waals surface area contributed by atoms with Crippen LogP contribution in [0.3, 0.4) is 0 Å². The van der Waals surface area contributed by atoms with Gasteiger partial charge < -0.3 is 14.7 Å². The summed E-state index contributed by atoms with van der Waals surface area (Å²) in [5.41, 5.74) is 0.455. The van der Waals surface area contributed by atoms with Gasteiger partial charge in [0.2, 0.25) is 0 Å². The molecular weight excluding hydrogens is 448 g/mol. The second-order valence-electron chi connectivity index (χ2n) is 10.5. The molecule has 0 bridgehead atoms. The Kier molecular flexibility index (Phi) is 6.62. The molecule has 5 nitrogen and oxygen atoms in total. The second kappa shape index (κ2) is 9.72. The maximum Gasteiger partial charge on any atom is 0.253 e. The number of amides is 1. The zero-order chi connectivity index (χ0) is 25.3. The lowest BCUT2D eigenvalue weighted by Crippen LogP contribution is -2.67. The predicted octanol–water partition coefficient (Wildman–Crippen LogP) is 5.03. The Labute approximate surface area is 214 Å². The van der Waals surface area contributed by atoms with E-state index in [0.29, 0.717) is 24.9 Å². The molecule has 1 saturated heterocycles. The van der Waals surface area contributed by atoms with Crippen molar-refractivity contribution in [3.05, 3.63) is 90.5 Å². The fourth-order valence-electron chi connectivity index (χ4n) is 6.51. The van der Waals surface area contributed by atoms with Gasteiger partial charge in [0.15, 0.2) is 0 Å². The van der Waals surface area contributed by atoms with Crippen molar-refractivity contribution in [2.24, 2.45) is 0 Å². The summed E-state index contributed by atoms with van der Waals surface area (Å²) in [7, 11) is 3.59. The average Bonchev–Trinajstić information content (AvgIpc) is 2.91. The van der Waals surface area contributed by atoms with Gasteiger partial charge in [0.1, 0.15) is 5.75 Å². The van der Waals surface area contributed by atoms with Crippen LogP contribution < -0.4 is 4.74 Å². The Morgan fingerprint density at radius 2 is 1.94 bits per heavy atom. The number of carbonyl (C=O) groups excluding carboxylic acids is 1. The molecule has 188 valence electrons. The molecule has 1 amide bonds. The lowest BCUT2D eigenvalue weighted by atomic mass is 9.55. The first-order chi connectivity index (χ1) is 17.4. The highest BCUT2D eigenvalue weighted by atomic mass is 16.5. The number of piperidine rings is 1. The number of fused-ring (bicyclic) bond motifs is 2. The number of aliphatic hydroxyl groups is 1. The molecule has 0 spiro atoms. The van der Waals surface area contributed by atoms with Gasteiger partial charge in [-0.05, 0) is 72.8 Å². The number of ether oxygens (including phenoxy) is 1. The molecule has 2 aliphatic rings. The number of methoxy groups -OCH3 is 1. The fourth-order valence-corrected chi connectivity index (χ4v) is 6.51. The number of hydrogen-bond donors (Lipinski definition) is 1. The van der Waals surface area contributed by atoms with E-state index >= 15 is 0 Å². The summed E-state index contributed by atoms with van der Waals surface area (Å²) in [4.78, 5) is 17.8. The van der Waals surface area contributed by atoms with Crippen molar-refractivity contribution in [2.45, 2.75) is 42.7 Å². The summed E-state index contributed by atoms with van der Waals surface area (Å²) in [5, 5.41) is 14.4. The highest BCUT2D eigenvalue weighted by Gasteiger charge is 2.58. The minimum absolute atomic E-state index is 0.0288. The van der Waals surface area contributed by atoms with E-state index in [1.807, 2.05) is 66.6 Å². The highest BCUT2D eigenvalue weighted by molar-refractivity contribution is 5.98. The van der Waals surface area contributed by atoms with Crippen molar-refractivity contribution >= 4 is 16.7 Å². The molecule has 2 fully saturated rings. The number of β-amino-alcohol motifs (C(OH)–C–C–N with tert-alkyl or cyclic N) is 1. The third-order valence-corrected chi connectivity index (χ3v) is 8.58. The van der Waals surface area contributed by atoms with Crippen LogP contribution in [-0.2, 0) is 5.41 Å².